The van der Waals surface area contributed by atoms with Crippen LogP contribution in [0.3, 0.4) is 0 Å². The van der Waals surface area contributed by atoms with Crippen LogP contribution in [0.15, 0.2) is 5.10 Å². The van der Waals surface area contributed by atoms with Crippen LogP contribution in [0.5, 0.6) is 0 Å². The molecule has 2 N–H and O–H groups in total. The molecule has 1 saturated carbocycles. The molecule has 21 heavy (non-hydrogen) atoms. The molecule has 2 heterocycles. The molecular weight excluding hydrogens is 278 g/mol. The Kier molecular flexibility index (Phi) is 3.32. The zero-order valence-electron chi connectivity index (χ0n) is 11.5. The molecule has 1 aromatic rings. The molecule has 0 amide bonds. The van der Waals surface area contributed by atoms with E-state index in [-0.39, 0.29) is 5.95 Å². The van der Waals surface area contributed by atoms with E-state index < -0.39 is 23.4 Å². The summed E-state index contributed by atoms with van der Waals surface area (Å²) in [6.45, 7) is 1.71. The fourth-order valence-electron chi connectivity index (χ4n) is 2.42. The molecule has 1 aliphatic carbocycles. The third-order valence-electron chi connectivity index (χ3n) is 3.42. The smallest absolute Gasteiger partial charge is 0.369 e. The maximum atomic E-state index is 12.0. The number of carbonyl (C=O) groups excluding carboxylic acids is 2. The van der Waals surface area contributed by atoms with Crippen molar-refractivity contribution in [3.63, 3.8) is 0 Å². The lowest BCUT2D eigenvalue weighted by atomic mass is 9.93. The highest BCUT2D eigenvalue weighted by Gasteiger charge is 2.47. The number of esters is 2. The van der Waals surface area contributed by atoms with E-state index in [9.17, 15) is 9.59 Å². The first-order chi connectivity index (χ1) is 10.1. The molecule has 0 atom stereocenters. The van der Waals surface area contributed by atoms with Gasteiger partial charge in [-0.1, -0.05) is 6.42 Å². The summed E-state index contributed by atoms with van der Waals surface area (Å²) in [4.78, 5) is 27.9. The van der Waals surface area contributed by atoms with Crippen LogP contribution in [-0.2, 0) is 19.1 Å². The van der Waals surface area contributed by atoms with E-state index in [1.54, 1.807) is 6.92 Å². The van der Waals surface area contributed by atoms with Crippen molar-refractivity contribution in [1.29, 1.82) is 0 Å². The van der Waals surface area contributed by atoms with Gasteiger partial charge < -0.3 is 9.47 Å². The number of ether oxygens (including phenoxy) is 2. The minimum Gasteiger partial charge on any atom is -0.417 e. The molecule has 2 aliphatic rings. The van der Waals surface area contributed by atoms with Gasteiger partial charge in [-0.05, 0) is 19.8 Å². The van der Waals surface area contributed by atoms with Crippen molar-refractivity contribution in [3.8, 4) is 0 Å². The van der Waals surface area contributed by atoms with E-state index in [0.29, 0.717) is 18.7 Å². The number of aromatic nitrogens is 3. The molecule has 2 fully saturated rings. The number of hydrazone groups is 1. The molecule has 0 unspecified atom stereocenters. The summed E-state index contributed by atoms with van der Waals surface area (Å²) >= 11 is 0. The van der Waals surface area contributed by atoms with E-state index in [1.807, 2.05) is 0 Å². The topological polar surface area (TPSA) is 119 Å². The fraction of sp³-hybridized carbons (Fsp3) is 0.583. The average Bonchev–Trinajstić information content (AvgIpc) is 2.84. The Morgan fingerprint density at radius 1 is 1.19 bits per heavy atom. The third-order valence-corrected chi connectivity index (χ3v) is 3.42. The monoisotopic (exact) mass is 293 g/mol. The van der Waals surface area contributed by atoms with Crippen molar-refractivity contribution in [2.24, 2.45) is 5.10 Å². The van der Waals surface area contributed by atoms with Crippen molar-refractivity contribution in [1.82, 2.24) is 15.2 Å². The standard InChI is InChI=1S/C12H15N5O4/c1-7-13-11(16-14-7)17-15-8-9(18)20-12(21-10(8)19)5-3-2-4-6-12/h2-6H2,1H3,(H2,13,14,16,17). The molecule has 3 rings (SSSR count). The number of H-pyrrole nitrogens is 1. The predicted molar refractivity (Wildman–Crippen MR) is 70.2 cm³/mol. The summed E-state index contributed by atoms with van der Waals surface area (Å²) in [5.74, 6) is -1.95. The number of hydrogen-bond acceptors (Lipinski definition) is 8. The number of aromatic amines is 1. The van der Waals surface area contributed by atoms with Crippen LogP contribution in [-0.4, -0.2) is 38.6 Å². The zero-order valence-corrected chi connectivity index (χ0v) is 11.5. The van der Waals surface area contributed by atoms with Crippen molar-refractivity contribution in [2.45, 2.75) is 44.8 Å². The van der Waals surface area contributed by atoms with Crippen molar-refractivity contribution in [2.75, 3.05) is 5.43 Å². The molecule has 0 aromatic carbocycles. The first-order valence-electron chi connectivity index (χ1n) is 6.77. The van der Waals surface area contributed by atoms with Crippen LogP contribution in [0.4, 0.5) is 5.95 Å². The van der Waals surface area contributed by atoms with E-state index in [4.69, 9.17) is 9.47 Å². The highest BCUT2D eigenvalue weighted by Crippen LogP contribution is 2.35. The lowest BCUT2D eigenvalue weighted by Gasteiger charge is -2.38. The van der Waals surface area contributed by atoms with Crippen LogP contribution in [0.25, 0.3) is 0 Å². The predicted octanol–water partition coefficient (Wildman–Crippen LogP) is 0.641. The Morgan fingerprint density at radius 2 is 1.86 bits per heavy atom. The lowest BCUT2D eigenvalue weighted by molar-refractivity contribution is -0.237. The zero-order chi connectivity index (χ0) is 14.9. The Morgan fingerprint density at radius 3 is 2.43 bits per heavy atom. The minimum absolute atomic E-state index is 0.151. The summed E-state index contributed by atoms with van der Waals surface area (Å²) in [5, 5.41) is 10.1. The van der Waals surface area contributed by atoms with Crippen LogP contribution in [0, 0.1) is 6.92 Å². The SMILES string of the molecule is Cc1nc(NN=C2C(=O)OC3(CCCCC3)OC2=O)n[nH]1. The van der Waals surface area contributed by atoms with Gasteiger partial charge >= 0.3 is 11.9 Å². The van der Waals surface area contributed by atoms with Crippen molar-refractivity contribution >= 4 is 23.6 Å². The quantitative estimate of drug-likeness (QED) is 0.606. The summed E-state index contributed by atoms with van der Waals surface area (Å²) in [7, 11) is 0. The van der Waals surface area contributed by atoms with Gasteiger partial charge in [-0.15, -0.1) is 5.10 Å². The number of anilines is 1. The van der Waals surface area contributed by atoms with Crippen LogP contribution in [0.1, 0.15) is 37.9 Å². The summed E-state index contributed by atoms with van der Waals surface area (Å²) in [6, 6.07) is 0. The number of aryl methyl sites for hydroxylation is 1. The fourth-order valence-corrected chi connectivity index (χ4v) is 2.42. The first-order valence-corrected chi connectivity index (χ1v) is 6.77. The Labute approximate surface area is 120 Å². The van der Waals surface area contributed by atoms with E-state index in [1.165, 1.54) is 0 Å². The molecule has 9 nitrogen and oxygen atoms in total. The Hall–Kier alpha value is -2.45. The molecule has 0 bridgehead atoms. The van der Waals surface area contributed by atoms with Crippen LogP contribution >= 0.6 is 0 Å². The van der Waals surface area contributed by atoms with E-state index in [2.05, 4.69) is 25.7 Å². The summed E-state index contributed by atoms with van der Waals surface area (Å²) < 4.78 is 10.6. The minimum atomic E-state index is -1.10. The second-order valence-electron chi connectivity index (χ2n) is 5.07. The molecule has 112 valence electrons. The van der Waals surface area contributed by atoms with Gasteiger partial charge in [-0.3, -0.25) is 5.10 Å². The van der Waals surface area contributed by atoms with Gasteiger partial charge in [0.05, 0.1) is 0 Å². The van der Waals surface area contributed by atoms with Gasteiger partial charge in [0.25, 0.3) is 17.4 Å². The second-order valence-corrected chi connectivity index (χ2v) is 5.07. The Bertz CT molecular complexity index is 581. The van der Waals surface area contributed by atoms with Crippen molar-refractivity contribution < 1.29 is 19.1 Å². The van der Waals surface area contributed by atoms with Gasteiger partial charge in [0.15, 0.2) is 0 Å². The largest absolute Gasteiger partial charge is 0.417 e. The number of nitrogens with zero attached hydrogens (tertiary/aromatic N) is 3. The summed E-state index contributed by atoms with van der Waals surface area (Å²) in [5.41, 5.74) is 1.98. The van der Waals surface area contributed by atoms with Gasteiger partial charge in [-0.25, -0.2) is 15.0 Å². The molecular formula is C12H15N5O4. The van der Waals surface area contributed by atoms with Gasteiger partial charge in [-0.2, -0.15) is 10.1 Å². The third kappa shape index (κ3) is 2.71. The normalized spacial score (nSPS) is 20.9. The van der Waals surface area contributed by atoms with Crippen molar-refractivity contribution in [3.05, 3.63) is 5.82 Å². The lowest BCUT2D eigenvalue weighted by Crippen LogP contribution is -2.51. The highest BCUT2D eigenvalue weighted by atomic mass is 16.7. The number of nitrogens with one attached hydrogen (secondary N) is 2. The second kappa shape index (κ2) is 5.15. The number of hydrogen-bond donors (Lipinski definition) is 2. The molecule has 9 heteroatoms. The van der Waals surface area contributed by atoms with Crippen LogP contribution in [0.2, 0.25) is 0 Å². The Balaban J connectivity index is 1.72. The van der Waals surface area contributed by atoms with Gasteiger partial charge in [0, 0.05) is 12.8 Å². The molecule has 1 aromatic heterocycles. The maximum absolute atomic E-state index is 12.0. The first kappa shape index (κ1) is 13.5. The molecule has 1 spiro atoms. The number of carbonyl (C=O) groups is 2. The maximum Gasteiger partial charge on any atom is 0.369 e. The van der Waals surface area contributed by atoms with E-state index in [0.717, 1.165) is 19.3 Å². The van der Waals surface area contributed by atoms with Gasteiger partial charge in [0.2, 0.25) is 0 Å². The van der Waals surface area contributed by atoms with Gasteiger partial charge in [0.1, 0.15) is 5.82 Å². The average molecular weight is 293 g/mol. The molecule has 1 aliphatic heterocycles. The molecule has 1 saturated heterocycles. The van der Waals surface area contributed by atoms with E-state index >= 15 is 0 Å². The van der Waals surface area contributed by atoms with Crippen LogP contribution < -0.4 is 5.43 Å². The summed E-state index contributed by atoms with van der Waals surface area (Å²) in [6.07, 6.45) is 3.84. The number of rotatable bonds is 2. The highest BCUT2D eigenvalue weighted by molar-refractivity contribution is 6.63. The molecule has 0 radical (unpaired) electrons.